The minimum atomic E-state index is -0.236. The fourth-order valence-electron chi connectivity index (χ4n) is 6.10. The van der Waals surface area contributed by atoms with Gasteiger partial charge in [0.15, 0.2) is 0 Å². The zero-order chi connectivity index (χ0) is 16.8. The number of allylic oxidation sites excluding steroid dienone is 1. The van der Waals surface area contributed by atoms with Crippen LogP contribution in [0.15, 0.2) is 11.1 Å². The van der Waals surface area contributed by atoms with Gasteiger partial charge in [0.2, 0.25) is 0 Å². The van der Waals surface area contributed by atoms with Crippen molar-refractivity contribution >= 4 is 0 Å². The predicted molar refractivity (Wildman–Crippen MR) is 93.9 cm³/mol. The molecule has 0 bridgehead atoms. The molecule has 1 unspecified atom stereocenters. The Kier molecular flexibility index (Phi) is 4.67. The molecule has 23 heavy (non-hydrogen) atoms. The van der Waals surface area contributed by atoms with Crippen LogP contribution in [0.2, 0.25) is 0 Å². The standard InChI is InChI=1S/C20H35NO2/c1-19(2)8-7-15-16(11-21)18(5-4-17(15)19)20(3)9-6-14(23)10-13(20)12-22/h13-14,16,18,22-23H,4-12,21H2,1-3H3/t13-,14+,16-,18?,20+/m1/s1. The van der Waals surface area contributed by atoms with Crippen molar-refractivity contribution in [3.05, 3.63) is 11.1 Å². The number of aliphatic hydroxyl groups is 2. The summed E-state index contributed by atoms with van der Waals surface area (Å²) in [5.74, 6) is 1.25. The highest BCUT2D eigenvalue weighted by atomic mass is 16.3. The lowest BCUT2D eigenvalue weighted by Crippen LogP contribution is -2.48. The van der Waals surface area contributed by atoms with E-state index < -0.39 is 0 Å². The molecule has 0 radical (unpaired) electrons. The van der Waals surface area contributed by atoms with Crippen molar-refractivity contribution < 1.29 is 10.2 Å². The molecule has 5 atom stereocenters. The van der Waals surface area contributed by atoms with E-state index in [1.165, 1.54) is 25.7 Å². The summed E-state index contributed by atoms with van der Waals surface area (Å²) in [7, 11) is 0. The molecule has 132 valence electrons. The van der Waals surface area contributed by atoms with Gasteiger partial charge in [-0.3, -0.25) is 0 Å². The second kappa shape index (κ2) is 6.16. The molecule has 3 nitrogen and oxygen atoms in total. The molecule has 4 N–H and O–H groups in total. The van der Waals surface area contributed by atoms with Crippen LogP contribution in [0.25, 0.3) is 0 Å². The average Bonchev–Trinajstić information content (AvgIpc) is 2.84. The van der Waals surface area contributed by atoms with E-state index in [2.05, 4.69) is 20.8 Å². The maximum atomic E-state index is 10.0. The van der Waals surface area contributed by atoms with Crippen LogP contribution < -0.4 is 5.73 Å². The summed E-state index contributed by atoms with van der Waals surface area (Å²) in [5, 5.41) is 20.0. The molecular formula is C20H35NO2. The highest BCUT2D eigenvalue weighted by Gasteiger charge is 2.50. The summed E-state index contributed by atoms with van der Waals surface area (Å²) in [4.78, 5) is 0. The van der Waals surface area contributed by atoms with E-state index in [0.29, 0.717) is 17.3 Å². The minimum Gasteiger partial charge on any atom is -0.396 e. The van der Waals surface area contributed by atoms with Crippen LogP contribution in [0.1, 0.15) is 65.7 Å². The van der Waals surface area contributed by atoms with Crippen molar-refractivity contribution in [2.75, 3.05) is 13.2 Å². The van der Waals surface area contributed by atoms with Crippen molar-refractivity contribution in [2.45, 2.75) is 71.8 Å². The Hall–Kier alpha value is -0.380. The Balaban J connectivity index is 1.91. The first-order chi connectivity index (χ1) is 10.8. The second-order valence-corrected chi connectivity index (χ2v) is 9.19. The van der Waals surface area contributed by atoms with Crippen LogP contribution in [0.5, 0.6) is 0 Å². The Bertz CT molecular complexity index is 484. The molecule has 0 heterocycles. The van der Waals surface area contributed by atoms with Crippen molar-refractivity contribution in [3.8, 4) is 0 Å². The lowest BCUT2D eigenvalue weighted by atomic mass is 9.53. The quantitative estimate of drug-likeness (QED) is 0.699. The summed E-state index contributed by atoms with van der Waals surface area (Å²) in [6, 6.07) is 0. The number of aliphatic hydroxyl groups excluding tert-OH is 2. The highest BCUT2D eigenvalue weighted by molar-refractivity contribution is 5.32. The monoisotopic (exact) mass is 321 g/mol. The number of hydrogen-bond donors (Lipinski definition) is 3. The first-order valence-electron chi connectivity index (χ1n) is 9.55. The largest absolute Gasteiger partial charge is 0.396 e. The molecule has 0 aromatic carbocycles. The van der Waals surface area contributed by atoms with Crippen molar-refractivity contribution in [3.63, 3.8) is 0 Å². The van der Waals surface area contributed by atoms with E-state index >= 15 is 0 Å². The van der Waals surface area contributed by atoms with E-state index in [1.807, 2.05) is 0 Å². The Labute approximate surface area is 141 Å². The van der Waals surface area contributed by atoms with Gasteiger partial charge in [0, 0.05) is 6.61 Å². The molecule has 0 aromatic heterocycles. The predicted octanol–water partition coefficient (Wildman–Crippen LogP) is 3.25. The van der Waals surface area contributed by atoms with Gasteiger partial charge in [-0.15, -0.1) is 0 Å². The average molecular weight is 322 g/mol. The van der Waals surface area contributed by atoms with E-state index in [-0.39, 0.29) is 24.0 Å². The van der Waals surface area contributed by atoms with Crippen LogP contribution in [-0.2, 0) is 0 Å². The van der Waals surface area contributed by atoms with Gasteiger partial charge in [-0.2, -0.15) is 0 Å². The molecular weight excluding hydrogens is 286 g/mol. The normalized spacial score (nSPS) is 43.6. The molecule has 3 heteroatoms. The zero-order valence-electron chi connectivity index (χ0n) is 15.1. The third-order valence-electron chi connectivity index (χ3n) is 7.69. The maximum Gasteiger partial charge on any atom is 0.0544 e. The lowest BCUT2D eigenvalue weighted by molar-refractivity contribution is -0.0575. The molecule has 3 rings (SSSR count). The van der Waals surface area contributed by atoms with Crippen LogP contribution in [0.4, 0.5) is 0 Å². The van der Waals surface area contributed by atoms with Crippen LogP contribution >= 0.6 is 0 Å². The second-order valence-electron chi connectivity index (χ2n) is 9.19. The maximum absolute atomic E-state index is 10.0. The molecule has 0 aromatic rings. The van der Waals surface area contributed by atoms with E-state index in [9.17, 15) is 10.2 Å². The number of nitrogens with two attached hydrogens (primary N) is 1. The first kappa shape index (κ1) is 17.4. The summed E-state index contributed by atoms with van der Waals surface area (Å²) >= 11 is 0. The van der Waals surface area contributed by atoms with Gasteiger partial charge in [0.25, 0.3) is 0 Å². The first-order valence-corrected chi connectivity index (χ1v) is 9.55. The Morgan fingerprint density at radius 2 is 1.87 bits per heavy atom. The molecule has 3 aliphatic rings. The highest BCUT2D eigenvalue weighted by Crippen LogP contribution is 2.58. The minimum absolute atomic E-state index is 0.114. The Morgan fingerprint density at radius 1 is 1.13 bits per heavy atom. The van der Waals surface area contributed by atoms with E-state index in [1.54, 1.807) is 11.1 Å². The summed E-state index contributed by atoms with van der Waals surface area (Å²) < 4.78 is 0. The van der Waals surface area contributed by atoms with Crippen molar-refractivity contribution in [1.82, 2.24) is 0 Å². The van der Waals surface area contributed by atoms with Gasteiger partial charge in [0.05, 0.1) is 6.10 Å². The molecule has 1 saturated carbocycles. The van der Waals surface area contributed by atoms with Gasteiger partial charge in [-0.05, 0) is 80.1 Å². The molecule has 0 aliphatic heterocycles. The third-order valence-corrected chi connectivity index (χ3v) is 7.69. The van der Waals surface area contributed by atoms with Crippen LogP contribution in [-0.4, -0.2) is 29.5 Å². The molecule has 0 saturated heterocycles. The number of hydrogen-bond acceptors (Lipinski definition) is 3. The topological polar surface area (TPSA) is 66.5 Å². The smallest absolute Gasteiger partial charge is 0.0544 e. The van der Waals surface area contributed by atoms with Gasteiger partial charge < -0.3 is 15.9 Å². The fourth-order valence-corrected chi connectivity index (χ4v) is 6.10. The zero-order valence-corrected chi connectivity index (χ0v) is 15.1. The van der Waals surface area contributed by atoms with Crippen LogP contribution in [0, 0.1) is 28.6 Å². The van der Waals surface area contributed by atoms with Gasteiger partial charge in [-0.1, -0.05) is 31.9 Å². The van der Waals surface area contributed by atoms with Crippen LogP contribution in [0.3, 0.4) is 0 Å². The Morgan fingerprint density at radius 3 is 2.52 bits per heavy atom. The SMILES string of the molecule is CC1(C)CCC2=C1CCC([C@@]1(C)CC[C@H](O)C[C@@H]1CO)[C@@H]2CN. The third kappa shape index (κ3) is 2.79. The van der Waals surface area contributed by atoms with Crippen molar-refractivity contribution in [2.24, 2.45) is 34.3 Å². The number of rotatable bonds is 3. The fraction of sp³-hybridized carbons (Fsp3) is 0.900. The van der Waals surface area contributed by atoms with E-state index in [4.69, 9.17) is 5.73 Å². The summed E-state index contributed by atoms with van der Waals surface area (Å²) in [5.41, 5.74) is 10.1. The van der Waals surface area contributed by atoms with Crippen molar-refractivity contribution in [1.29, 1.82) is 0 Å². The lowest BCUT2D eigenvalue weighted by Gasteiger charge is -2.52. The van der Waals surface area contributed by atoms with Gasteiger partial charge >= 0.3 is 0 Å². The van der Waals surface area contributed by atoms with Gasteiger partial charge in [-0.25, -0.2) is 0 Å². The van der Waals surface area contributed by atoms with Gasteiger partial charge in [0.1, 0.15) is 0 Å². The summed E-state index contributed by atoms with van der Waals surface area (Å²) in [6.45, 7) is 8.06. The summed E-state index contributed by atoms with van der Waals surface area (Å²) in [6.07, 6.45) is 7.29. The molecule has 0 spiro atoms. The van der Waals surface area contributed by atoms with E-state index in [0.717, 1.165) is 25.8 Å². The molecule has 0 amide bonds. The molecule has 1 fully saturated rings. The molecule has 3 aliphatic carbocycles.